The van der Waals surface area contributed by atoms with Crippen molar-refractivity contribution in [3.8, 4) is 0 Å². The number of nitrogens with zero attached hydrogens (tertiary/aromatic N) is 1. The summed E-state index contributed by atoms with van der Waals surface area (Å²) in [6, 6.07) is 9.81. The molecule has 0 aliphatic carbocycles. The summed E-state index contributed by atoms with van der Waals surface area (Å²) in [6.45, 7) is 0.878. The molecule has 0 bridgehead atoms. The Bertz CT molecular complexity index is 569. The summed E-state index contributed by atoms with van der Waals surface area (Å²) >= 11 is 6.90. The van der Waals surface area contributed by atoms with Gasteiger partial charge in [0.05, 0.1) is 5.52 Å². The van der Waals surface area contributed by atoms with Crippen LogP contribution in [0.4, 0.5) is 5.82 Å². The van der Waals surface area contributed by atoms with Gasteiger partial charge in [-0.3, -0.25) is 0 Å². The largest absolute Gasteiger partial charge is 0.389 e. The lowest BCUT2D eigenvalue weighted by molar-refractivity contribution is 1.19. The monoisotopic (exact) mass is 277 g/mol. The summed E-state index contributed by atoms with van der Waals surface area (Å²) < 4.78 is 0. The number of anilines is 1. The first-order valence-corrected chi connectivity index (χ1v) is 7.45. The fourth-order valence-electron chi connectivity index (χ4n) is 1.75. The number of para-hydroxylation sites is 1. The lowest BCUT2D eigenvalue weighted by atomic mass is 10.1. The highest BCUT2D eigenvalue weighted by molar-refractivity contribution is 7.98. The predicted molar refractivity (Wildman–Crippen MR) is 84.5 cm³/mol. The topological polar surface area (TPSA) is 50.9 Å². The molecule has 18 heavy (non-hydrogen) atoms. The highest BCUT2D eigenvalue weighted by Gasteiger charge is 2.07. The highest BCUT2D eigenvalue weighted by atomic mass is 32.2. The van der Waals surface area contributed by atoms with Crippen LogP contribution in [-0.4, -0.2) is 28.5 Å². The van der Waals surface area contributed by atoms with E-state index in [1.165, 1.54) is 0 Å². The van der Waals surface area contributed by atoms with Crippen LogP contribution in [0.1, 0.15) is 5.56 Å². The van der Waals surface area contributed by atoms with Crippen LogP contribution in [0.15, 0.2) is 30.3 Å². The van der Waals surface area contributed by atoms with Gasteiger partial charge in [0.25, 0.3) is 0 Å². The van der Waals surface area contributed by atoms with Gasteiger partial charge >= 0.3 is 0 Å². The molecule has 0 aliphatic rings. The number of nitrogens with one attached hydrogen (secondary N) is 1. The summed E-state index contributed by atoms with van der Waals surface area (Å²) in [5, 5.41) is 4.29. The van der Waals surface area contributed by atoms with E-state index >= 15 is 0 Å². The summed E-state index contributed by atoms with van der Waals surface area (Å²) in [5.74, 6) is 1.86. The van der Waals surface area contributed by atoms with E-state index in [4.69, 9.17) is 18.0 Å². The summed E-state index contributed by atoms with van der Waals surface area (Å²) in [4.78, 5) is 4.96. The van der Waals surface area contributed by atoms with Crippen molar-refractivity contribution in [2.75, 3.05) is 23.9 Å². The molecule has 3 nitrogen and oxygen atoms in total. The van der Waals surface area contributed by atoms with Crippen molar-refractivity contribution < 1.29 is 0 Å². The molecule has 1 aromatic carbocycles. The van der Waals surface area contributed by atoms with Crippen molar-refractivity contribution in [3.05, 3.63) is 35.9 Å². The second-order valence-electron chi connectivity index (χ2n) is 3.86. The van der Waals surface area contributed by atoms with Gasteiger partial charge in [0, 0.05) is 23.2 Å². The number of rotatable bonds is 5. The number of pyridine rings is 1. The zero-order valence-electron chi connectivity index (χ0n) is 10.1. The number of fused-ring (bicyclic) bond motifs is 1. The molecule has 0 saturated carbocycles. The zero-order valence-corrected chi connectivity index (χ0v) is 11.8. The molecule has 2 rings (SSSR count). The Hall–Kier alpha value is -1.33. The Balaban J connectivity index is 2.41. The average Bonchev–Trinajstić information content (AvgIpc) is 2.38. The van der Waals surface area contributed by atoms with Gasteiger partial charge in [-0.25, -0.2) is 4.98 Å². The minimum atomic E-state index is 0.404. The van der Waals surface area contributed by atoms with Crippen molar-refractivity contribution in [1.82, 2.24) is 4.98 Å². The van der Waals surface area contributed by atoms with Crippen molar-refractivity contribution in [1.29, 1.82) is 0 Å². The number of benzene rings is 1. The molecular formula is C13H15N3S2. The standard InChI is InChI=1S/C13H15N3S2/c1-18-7-6-15-12-8-10(13(14)17)9-4-2-3-5-11(9)16-12/h2-5,8H,6-7H2,1H3,(H2,14,17)(H,15,16). The van der Waals surface area contributed by atoms with E-state index < -0.39 is 0 Å². The third-order valence-electron chi connectivity index (χ3n) is 2.59. The van der Waals surface area contributed by atoms with Crippen LogP contribution in [-0.2, 0) is 0 Å². The summed E-state index contributed by atoms with van der Waals surface area (Å²) in [7, 11) is 0. The Labute approximate surface area is 116 Å². The minimum absolute atomic E-state index is 0.404. The SMILES string of the molecule is CSCCNc1cc(C(N)=S)c2ccccc2n1. The Morgan fingerprint density at radius 3 is 2.94 bits per heavy atom. The minimum Gasteiger partial charge on any atom is -0.389 e. The second-order valence-corrected chi connectivity index (χ2v) is 5.28. The maximum atomic E-state index is 5.78. The van der Waals surface area contributed by atoms with Crippen molar-refractivity contribution in [3.63, 3.8) is 0 Å². The zero-order chi connectivity index (χ0) is 13.0. The smallest absolute Gasteiger partial charge is 0.127 e. The summed E-state index contributed by atoms with van der Waals surface area (Å²) in [6.07, 6.45) is 2.08. The Kier molecular flexibility index (Phi) is 4.38. The van der Waals surface area contributed by atoms with Crippen LogP contribution in [0.5, 0.6) is 0 Å². The summed E-state index contributed by atoms with van der Waals surface area (Å²) in [5.41, 5.74) is 7.56. The van der Waals surface area contributed by atoms with Gasteiger partial charge in [-0.05, 0) is 18.4 Å². The molecule has 3 N–H and O–H groups in total. The molecule has 0 unspecified atom stereocenters. The number of thiocarbonyl (C=S) groups is 1. The van der Waals surface area contributed by atoms with E-state index in [0.717, 1.165) is 34.6 Å². The molecule has 0 saturated heterocycles. The first kappa shape index (κ1) is 13.1. The Morgan fingerprint density at radius 1 is 1.44 bits per heavy atom. The van der Waals surface area contributed by atoms with Gasteiger partial charge in [-0.15, -0.1) is 0 Å². The lowest BCUT2D eigenvalue weighted by Gasteiger charge is -2.09. The number of thioether (sulfide) groups is 1. The number of nitrogens with two attached hydrogens (primary N) is 1. The molecule has 0 atom stereocenters. The first-order valence-electron chi connectivity index (χ1n) is 5.65. The molecular weight excluding hydrogens is 262 g/mol. The highest BCUT2D eigenvalue weighted by Crippen LogP contribution is 2.20. The molecule has 94 valence electrons. The number of aromatic nitrogens is 1. The molecule has 5 heteroatoms. The molecule has 0 spiro atoms. The van der Waals surface area contributed by atoms with Gasteiger partial charge in [-0.2, -0.15) is 11.8 Å². The molecule has 0 aliphatic heterocycles. The van der Waals surface area contributed by atoms with Crippen LogP contribution < -0.4 is 11.1 Å². The van der Waals surface area contributed by atoms with E-state index in [0.29, 0.717) is 4.99 Å². The third-order valence-corrected chi connectivity index (χ3v) is 3.43. The van der Waals surface area contributed by atoms with Crippen LogP contribution in [0.3, 0.4) is 0 Å². The Morgan fingerprint density at radius 2 is 2.22 bits per heavy atom. The normalized spacial score (nSPS) is 10.5. The van der Waals surface area contributed by atoms with E-state index in [1.807, 2.05) is 30.3 Å². The maximum Gasteiger partial charge on any atom is 0.127 e. The van der Waals surface area contributed by atoms with E-state index in [-0.39, 0.29) is 0 Å². The quantitative estimate of drug-likeness (QED) is 0.650. The molecule has 2 aromatic rings. The van der Waals surface area contributed by atoms with Gasteiger partial charge < -0.3 is 11.1 Å². The van der Waals surface area contributed by atoms with Crippen molar-refractivity contribution in [2.45, 2.75) is 0 Å². The van der Waals surface area contributed by atoms with E-state index in [9.17, 15) is 0 Å². The van der Waals surface area contributed by atoms with E-state index in [2.05, 4.69) is 16.6 Å². The van der Waals surface area contributed by atoms with Crippen molar-refractivity contribution in [2.24, 2.45) is 5.73 Å². The lowest BCUT2D eigenvalue weighted by Crippen LogP contribution is -2.12. The molecule has 0 radical (unpaired) electrons. The van der Waals surface area contributed by atoms with Crippen LogP contribution in [0, 0.1) is 0 Å². The van der Waals surface area contributed by atoms with Crippen LogP contribution >= 0.6 is 24.0 Å². The van der Waals surface area contributed by atoms with E-state index in [1.54, 1.807) is 11.8 Å². The third kappa shape index (κ3) is 2.91. The fraction of sp³-hybridized carbons (Fsp3) is 0.231. The molecule has 0 amide bonds. The molecule has 0 fully saturated rings. The van der Waals surface area contributed by atoms with Crippen molar-refractivity contribution >= 4 is 45.7 Å². The second kappa shape index (κ2) is 6.02. The van der Waals surface area contributed by atoms with Gasteiger partial charge in [-0.1, -0.05) is 30.4 Å². The average molecular weight is 277 g/mol. The molecule has 1 aromatic heterocycles. The first-order chi connectivity index (χ1) is 8.72. The number of hydrogen-bond donors (Lipinski definition) is 2. The maximum absolute atomic E-state index is 5.78. The molecule has 1 heterocycles. The van der Waals surface area contributed by atoms with Crippen LogP contribution in [0.25, 0.3) is 10.9 Å². The number of hydrogen-bond acceptors (Lipinski definition) is 4. The van der Waals surface area contributed by atoms with Gasteiger partial charge in [0.15, 0.2) is 0 Å². The predicted octanol–water partition coefficient (Wildman–Crippen LogP) is 2.64. The van der Waals surface area contributed by atoms with Crippen LogP contribution in [0.2, 0.25) is 0 Å². The van der Waals surface area contributed by atoms with Gasteiger partial charge in [0.2, 0.25) is 0 Å². The van der Waals surface area contributed by atoms with Gasteiger partial charge in [0.1, 0.15) is 10.8 Å². The fourth-order valence-corrected chi connectivity index (χ4v) is 2.23.